The van der Waals surface area contributed by atoms with E-state index in [2.05, 4.69) is 27.4 Å². The fraction of sp³-hybridized carbons (Fsp3) is 1.00. The number of unbranched alkanes of at least 4 members (excludes halogenated alkanes) is 9. The van der Waals surface area contributed by atoms with Crippen LogP contribution in [0.2, 0.25) is 0 Å². The molecule has 0 aliphatic heterocycles. The lowest BCUT2D eigenvalue weighted by Crippen LogP contribution is -3.00. The first kappa shape index (κ1) is 24.0. The Balaban J connectivity index is 0. The van der Waals surface area contributed by atoms with Crippen LogP contribution < -0.4 is 12.4 Å². The molecule has 130 valence electrons. The summed E-state index contributed by atoms with van der Waals surface area (Å²) in [6.45, 7) is 9.66. The summed E-state index contributed by atoms with van der Waals surface area (Å²) in [4.78, 5) is 0. The molecule has 0 unspecified atom stereocenters. The minimum absolute atomic E-state index is 0. The van der Waals surface area contributed by atoms with Crippen LogP contribution in [0.1, 0.15) is 97.8 Å². The first-order valence-corrected chi connectivity index (χ1v) is 12.3. The van der Waals surface area contributed by atoms with Gasteiger partial charge in [0.25, 0.3) is 0 Å². The molecule has 21 heavy (non-hydrogen) atoms. The van der Waals surface area contributed by atoms with Crippen molar-refractivity contribution in [3.05, 3.63) is 0 Å². The maximum atomic E-state index is 2.69. The lowest BCUT2D eigenvalue weighted by molar-refractivity contribution is -0.00000472. The molecule has 0 nitrogen and oxygen atoms in total. The van der Waals surface area contributed by atoms with Gasteiger partial charge in [0.05, 0.1) is 18.5 Å². The molecule has 0 heterocycles. The van der Waals surface area contributed by atoms with E-state index in [9.17, 15) is 0 Å². The molecule has 0 atom stereocenters. The van der Waals surface area contributed by atoms with E-state index in [1.54, 1.807) is 18.5 Å². The van der Waals surface area contributed by atoms with Crippen molar-refractivity contribution in [3.8, 4) is 0 Å². The van der Waals surface area contributed by atoms with Crippen LogP contribution in [0.3, 0.4) is 0 Å². The van der Waals surface area contributed by atoms with E-state index >= 15 is 0 Å². The largest absolute Gasteiger partial charge is 1.00 e. The second-order valence-corrected chi connectivity index (χ2v) is 11.6. The molecule has 0 bridgehead atoms. The van der Waals surface area contributed by atoms with Crippen LogP contribution in [0.15, 0.2) is 0 Å². The molecular weight excluding hydrogens is 295 g/mol. The van der Waals surface area contributed by atoms with Gasteiger partial charge in [-0.1, -0.05) is 59.3 Å². The zero-order valence-corrected chi connectivity index (χ0v) is 17.1. The minimum atomic E-state index is -0.590. The summed E-state index contributed by atoms with van der Waals surface area (Å²) in [5, 5.41) is 0. The Morgan fingerprint density at radius 2 is 0.762 bits per heavy atom. The third-order valence-corrected chi connectivity index (χ3v) is 8.84. The lowest BCUT2D eigenvalue weighted by Gasteiger charge is -2.23. The predicted molar refractivity (Wildman–Crippen MR) is 99.9 cm³/mol. The molecule has 0 aromatic heterocycles. The highest BCUT2D eigenvalue weighted by Gasteiger charge is 2.29. The van der Waals surface area contributed by atoms with Crippen LogP contribution >= 0.6 is 7.26 Å². The van der Waals surface area contributed by atoms with E-state index in [4.69, 9.17) is 0 Å². The first-order valence-electron chi connectivity index (χ1n) is 9.52. The number of halogens is 1. The van der Waals surface area contributed by atoms with E-state index in [-0.39, 0.29) is 12.4 Å². The van der Waals surface area contributed by atoms with Crippen molar-refractivity contribution >= 4 is 7.26 Å². The number of hydrogen-bond donors (Lipinski definition) is 0. The minimum Gasteiger partial charge on any atom is -1.00 e. The standard InChI is InChI=1S/C19H42P.ClH/c1-5-8-11-14-17-20(4,18-15-12-9-6-2)19-16-13-10-7-3;/h5-19H2,1-4H3;1H/q+1;/p-1. The first-order chi connectivity index (χ1) is 9.68. The van der Waals surface area contributed by atoms with Crippen molar-refractivity contribution in [2.45, 2.75) is 97.8 Å². The van der Waals surface area contributed by atoms with Crippen LogP contribution in [-0.4, -0.2) is 25.2 Å². The van der Waals surface area contributed by atoms with Gasteiger partial charge in [-0.3, -0.25) is 0 Å². The summed E-state index contributed by atoms with van der Waals surface area (Å²) in [5.74, 6) is 0. The van der Waals surface area contributed by atoms with E-state index in [1.807, 2.05) is 0 Å². The van der Waals surface area contributed by atoms with Gasteiger partial charge in [-0.25, -0.2) is 0 Å². The van der Waals surface area contributed by atoms with Crippen molar-refractivity contribution in [1.29, 1.82) is 0 Å². The van der Waals surface area contributed by atoms with Crippen molar-refractivity contribution < 1.29 is 12.4 Å². The highest BCUT2D eigenvalue weighted by atomic mass is 35.5. The van der Waals surface area contributed by atoms with Crippen molar-refractivity contribution in [2.75, 3.05) is 25.2 Å². The highest BCUT2D eigenvalue weighted by molar-refractivity contribution is 7.75. The fourth-order valence-corrected chi connectivity index (χ4v) is 6.73. The van der Waals surface area contributed by atoms with Gasteiger partial charge in [0.1, 0.15) is 0 Å². The maximum absolute atomic E-state index is 2.69. The van der Waals surface area contributed by atoms with Gasteiger partial charge in [0, 0.05) is 13.9 Å². The summed E-state index contributed by atoms with van der Waals surface area (Å²) in [6, 6.07) is 0. The molecule has 0 rings (SSSR count). The van der Waals surface area contributed by atoms with Gasteiger partial charge in [-0.2, -0.15) is 0 Å². The molecule has 0 fully saturated rings. The van der Waals surface area contributed by atoms with Gasteiger partial charge >= 0.3 is 0 Å². The van der Waals surface area contributed by atoms with Crippen molar-refractivity contribution in [1.82, 2.24) is 0 Å². The molecular formula is C19H42ClP. The Morgan fingerprint density at radius 3 is 1.00 bits per heavy atom. The van der Waals surface area contributed by atoms with E-state index in [0.717, 1.165) is 0 Å². The van der Waals surface area contributed by atoms with Gasteiger partial charge in [0.15, 0.2) is 0 Å². The van der Waals surface area contributed by atoms with Crippen LogP contribution in [0, 0.1) is 0 Å². The molecule has 0 amide bonds. The predicted octanol–water partition coefficient (Wildman–Crippen LogP) is 4.38. The molecule has 0 saturated carbocycles. The molecule has 0 aromatic rings. The average Bonchev–Trinajstić information content (AvgIpc) is 2.45. The Hall–Kier alpha value is 0.720. The summed E-state index contributed by atoms with van der Waals surface area (Å²) >= 11 is 0. The lowest BCUT2D eigenvalue weighted by atomic mass is 10.2. The van der Waals surface area contributed by atoms with E-state index in [0.29, 0.717) is 0 Å². The zero-order valence-electron chi connectivity index (χ0n) is 15.4. The Morgan fingerprint density at radius 1 is 0.476 bits per heavy atom. The quantitative estimate of drug-likeness (QED) is 0.307. The summed E-state index contributed by atoms with van der Waals surface area (Å²) in [7, 11) is -0.590. The molecule has 0 aromatic carbocycles. The molecule has 0 N–H and O–H groups in total. The second kappa shape index (κ2) is 17.1. The molecule has 0 saturated heterocycles. The van der Waals surface area contributed by atoms with Crippen LogP contribution in [0.5, 0.6) is 0 Å². The van der Waals surface area contributed by atoms with Crippen LogP contribution in [0.25, 0.3) is 0 Å². The molecule has 0 spiro atoms. The van der Waals surface area contributed by atoms with E-state index in [1.165, 1.54) is 77.0 Å². The topological polar surface area (TPSA) is 0 Å². The average molecular weight is 337 g/mol. The molecule has 0 aliphatic rings. The summed E-state index contributed by atoms with van der Waals surface area (Å²) < 4.78 is 0. The zero-order chi connectivity index (χ0) is 15.1. The molecule has 2 heteroatoms. The number of hydrogen-bond acceptors (Lipinski definition) is 0. The monoisotopic (exact) mass is 336 g/mol. The third kappa shape index (κ3) is 15.4. The Kier molecular flexibility index (Phi) is 19.5. The summed E-state index contributed by atoms with van der Waals surface area (Å²) in [5.41, 5.74) is 0. The third-order valence-electron chi connectivity index (χ3n) is 4.65. The van der Waals surface area contributed by atoms with Gasteiger partial charge in [-0.05, 0) is 38.5 Å². The Bertz CT molecular complexity index is 163. The van der Waals surface area contributed by atoms with Crippen molar-refractivity contribution in [3.63, 3.8) is 0 Å². The smallest absolute Gasteiger partial charge is 0.0591 e. The summed E-state index contributed by atoms with van der Waals surface area (Å²) in [6.07, 6.45) is 22.2. The molecule has 0 aliphatic carbocycles. The highest BCUT2D eigenvalue weighted by Crippen LogP contribution is 2.57. The number of rotatable bonds is 15. The van der Waals surface area contributed by atoms with Gasteiger partial charge < -0.3 is 12.4 Å². The molecule has 0 radical (unpaired) electrons. The second-order valence-electron chi connectivity index (χ2n) is 6.97. The van der Waals surface area contributed by atoms with E-state index < -0.39 is 7.26 Å². The Labute approximate surface area is 143 Å². The van der Waals surface area contributed by atoms with Crippen LogP contribution in [0.4, 0.5) is 0 Å². The normalized spacial score (nSPS) is 11.4. The van der Waals surface area contributed by atoms with Gasteiger partial charge in [-0.15, -0.1) is 0 Å². The van der Waals surface area contributed by atoms with Crippen LogP contribution in [-0.2, 0) is 0 Å². The maximum Gasteiger partial charge on any atom is 0.0591 e. The fourth-order valence-electron chi connectivity index (χ4n) is 3.10. The SMILES string of the molecule is CCCCCC[P+](C)(CCCCCC)CCCCCC.[Cl-]. The van der Waals surface area contributed by atoms with Crippen molar-refractivity contribution in [2.24, 2.45) is 0 Å². The van der Waals surface area contributed by atoms with Gasteiger partial charge in [0.2, 0.25) is 0 Å².